The van der Waals surface area contributed by atoms with Crippen LogP contribution in [-0.4, -0.2) is 36.1 Å². The Labute approximate surface area is 151 Å². The smallest absolute Gasteiger partial charge is 0.274 e. The topological polar surface area (TPSA) is 67.4 Å². The Morgan fingerprint density at radius 3 is 2.92 bits per heavy atom. The number of rotatable bonds is 3. The first-order chi connectivity index (χ1) is 12.6. The number of carbonyl (C=O) groups excluding carboxylic acids is 1. The number of fused-ring (bicyclic) bond motifs is 3. The Balaban J connectivity index is 1.65. The number of nitrogens with one attached hydrogen (secondary N) is 1. The second-order valence-corrected chi connectivity index (χ2v) is 6.27. The molecule has 130 valence electrons. The average Bonchev–Trinajstić information content (AvgIpc) is 2.86. The van der Waals surface area contributed by atoms with Gasteiger partial charge in [-0.05, 0) is 42.5 Å². The summed E-state index contributed by atoms with van der Waals surface area (Å²) in [6.07, 6.45) is 10.4. The molecule has 1 unspecified atom stereocenters. The molecule has 0 bridgehead atoms. The van der Waals surface area contributed by atoms with Gasteiger partial charge in [-0.25, -0.2) is 9.97 Å². The molecule has 2 aliphatic rings. The van der Waals surface area contributed by atoms with Crippen LogP contribution in [0.5, 0.6) is 5.75 Å². The lowest BCUT2D eigenvalue weighted by Crippen LogP contribution is -2.23. The fourth-order valence-corrected chi connectivity index (χ4v) is 2.95. The van der Waals surface area contributed by atoms with Crippen molar-refractivity contribution in [3.8, 4) is 5.75 Å². The minimum atomic E-state index is -0.275. The van der Waals surface area contributed by atoms with Crippen LogP contribution in [0.15, 0.2) is 66.8 Å². The molecule has 2 aromatic rings. The predicted molar refractivity (Wildman–Crippen MR) is 99.9 cm³/mol. The largest absolute Gasteiger partial charge is 0.481 e. The van der Waals surface area contributed by atoms with Crippen LogP contribution in [0.1, 0.15) is 16.1 Å². The standard InChI is InChI=1S/C20H18N4O2/c1-24(2)14-6-7-19-16(11-14)15-10-13(4-3-5-18(15)26-19)23-20(25)17-8-9-21-12-22-17/h3-12,18H,1-2H3,(H,23,25). The fourth-order valence-electron chi connectivity index (χ4n) is 2.95. The molecule has 26 heavy (non-hydrogen) atoms. The number of allylic oxidation sites excluding steroid dienone is 3. The molecule has 0 radical (unpaired) electrons. The molecule has 0 spiro atoms. The first-order valence-corrected chi connectivity index (χ1v) is 8.27. The lowest BCUT2D eigenvalue weighted by molar-refractivity contribution is 0.0962. The van der Waals surface area contributed by atoms with E-state index in [4.69, 9.17) is 4.74 Å². The highest BCUT2D eigenvalue weighted by Crippen LogP contribution is 2.41. The second-order valence-electron chi connectivity index (χ2n) is 6.27. The predicted octanol–water partition coefficient (Wildman–Crippen LogP) is 2.57. The van der Waals surface area contributed by atoms with Crippen molar-refractivity contribution in [2.24, 2.45) is 0 Å². The average molecular weight is 346 g/mol. The van der Waals surface area contributed by atoms with Crippen molar-refractivity contribution in [1.82, 2.24) is 15.3 Å². The molecule has 1 aliphatic carbocycles. The third-order valence-corrected chi connectivity index (χ3v) is 4.30. The molecule has 0 saturated heterocycles. The summed E-state index contributed by atoms with van der Waals surface area (Å²) in [4.78, 5) is 22.2. The lowest BCUT2D eigenvalue weighted by Gasteiger charge is -2.13. The van der Waals surface area contributed by atoms with E-state index in [1.165, 1.54) is 6.33 Å². The number of ether oxygens (including phenoxy) is 1. The molecule has 6 nitrogen and oxygen atoms in total. The minimum absolute atomic E-state index is 0.160. The zero-order valence-corrected chi connectivity index (χ0v) is 14.5. The third-order valence-electron chi connectivity index (χ3n) is 4.30. The number of nitrogens with zero attached hydrogens (tertiary/aromatic N) is 3. The van der Waals surface area contributed by atoms with Gasteiger partial charge in [0, 0.05) is 42.8 Å². The molecule has 1 N–H and O–H groups in total. The van der Waals surface area contributed by atoms with Gasteiger partial charge in [-0.3, -0.25) is 4.79 Å². The maximum absolute atomic E-state index is 12.4. The van der Waals surface area contributed by atoms with E-state index < -0.39 is 0 Å². The summed E-state index contributed by atoms with van der Waals surface area (Å²) >= 11 is 0. The van der Waals surface area contributed by atoms with Gasteiger partial charge in [0.05, 0.1) is 0 Å². The fraction of sp³-hybridized carbons (Fsp3) is 0.150. The Bertz CT molecular complexity index is 946. The van der Waals surface area contributed by atoms with E-state index >= 15 is 0 Å². The van der Waals surface area contributed by atoms with Crippen molar-refractivity contribution >= 4 is 17.2 Å². The monoisotopic (exact) mass is 346 g/mol. The van der Waals surface area contributed by atoms with Gasteiger partial charge in [0.1, 0.15) is 23.9 Å². The van der Waals surface area contributed by atoms with Crippen LogP contribution in [-0.2, 0) is 0 Å². The van der Waals surface area contributed by atoms with Gasteiger partial charge in [-0.1, -0.05) is 6.08 Å². The van der Waals surface area contributed by atoms with Crippen molar-refractivity contribution in [1.29, 1.82) is 0 Å². The van der Waals surface area contributed by atoms with Crippen molar-refractivity contribution < 1.29 is 9.53 Å². The normalized spacial score (nSPS) is 17.2. The van der Waals surface area contributed by atoms with Gasteiger partial charge in [0.2, 0.25) is 0 Å². The SMILES string of the molecule is CN(C)c1ccc2c(c1)C1=CC(NC(=O)c3ccncn3)=CC=CC1O2. The van der Waals surface area contributed by atoms with Crippen molar-refractivity contribution in [2.75, 3.05) is 19.0 Å². The molecule has 1 atom stereocenters. The highest BCUT2D eigenvalue weighted by atomic mass is 16.5. The molecule has 1 aromatic heterocycles. The summed E-state index contributed by atoms with van der Waals surface area (Å²) in [6.45, 7) is 0. The number of hydrogen-bond donors (Lipinski definition) is 1. The van der Waals surface area contributed by atoms with Gasteiger partial charge < -0.3 is 15.0 Å². The van der Waals surface area contributed by atoms with Gasteiger partial charge in [-0.2, -0.15) is 0 Å². The minimum Gasteiger partial charge on any atom is -0.481 e. The van der Waals surface area contributed by atoms with E-state index in [1.807, 2.05) is 55.4 Å². The molecule has 0 fully saturated rings. The number of aromatic nitrogens is 2. The summed E-state index contributed by atoms with van der Waals surface area (Å²) in [5.74, 6) is 0.573. The molecular weight excluding hydrogens is 328 g/mol. The molecule has 4 rings (SSSR count). The number of amides is 1. The van der Waals surface area contributed by atoms with Crippen LogP contribution in [0.4, 0.5) is 5.69 Å². The number of anilines is 1. The van der Waals surface area contributed by atoms with Gasteiger partial charge in [0.15, 0.2) is 0 Å². The summed E-state index contributed by atoms with van der Waals surface area (Å²) in [7, 11) is 4.01. The Kier molecular flexibility index (Phi) is 4.01. The maximum Gasteiger partial charge on any atom is 0.274 e. The molecule has 1 amide bonds. The van der Waals surface area contributed by atoms with Crippen LogP contribution in [0.2, 0.25) is 0 Å². The zero-order chi connectivity index (χ0) is 18.1. The van der Waals surface area contributed by atoms with Gasteiger partial charge >= 0.3 is 0 Å². The van der Waals surface area contributed by atoms with Crippen LogP contribution >= 0.6 is 0 Å². The Morgan fingerprint density at radius 1 is 1.27 bits per heavy atom. The first kappa shape index (κ1) is 16.1. The van der Waals surface area contributed by atoms with E-state index in [0.29, 0.717) is 11.4 Å². The van der Waals surface area contributed by atoms with Crippen molar-refractivity contribution in [3.05, 3.63) is 78.0 Å². The molecular formula is C20H18N4O2. The highest BCUT2D eigenvalue weighted by molar-refractivity contribution is 5.94. The summed E-state index contributed by atoms with van der Waals surface area (Å²) in [5.41, 5.74) is 4.16. The number of carbonyl (C=O) groups is 1. The summed E-state index contributed by atoms with van der Waals surface area (Å²) in [5, 5.41) is 2.89. The lowest BCUT2D eigenvalue weighted by atomic mass is 10.0. The number of hydrogen-bond acceptors (Lipinski definition) is 5. The maximum atomic E-state index is 12.4. The van der Waals surface area contributed by atoms with Crippen molar-refractivity contribution in [3.63, 3.8) is 0 Å². The van der Waals surface area contributed by atoms with Gasteiger partial charge in [0.25, 0.3) is 5.91 Å². The second kappa shape index (κ2) is 6.48. The Hall–Kier alpha value is -3.41. The highest BCUT2D eigenvalue weighted by Gasteiger charge is 2.28. The van der Waals surface area contributed by atoms with E-state index in [9.17, 15) is 4.79 Å². The summed E-state index contributed by atoms with van der Waals surface area (Å²) in [6, 6.07) is 7.69. The molecule has 1 aliphatic heterocycles. The Morgan fingerprint density at radius 2 is 2.15 bits per heavy atom. The summed E-state index contributed by atoms with van der Waals surface area (Å²) < 4.78 is 6.02. The molecule has 6 heteroatoms. The molecule has 0 saturated carbocycles. The quantitative estimate of drug-likeness (QED) is 0.925. The first-order valence-electron chi connectivity index (χ1n) is 8.27. The van der Waals surface area contributed by atoms with Crippen LogP contribution in [0.25, 0.3) is 5.57 Å². The molecule has 1 aromatic carbocycles. The number of benzene rings is 1. The van der Waals surface area contributed by atoms with E-state index in [-0.39, 0.29) is 12.0 Å². The van der Waals surface area contributed by atoms with E-state index in [1.54, 1.807) is 12.3 Å². The van der Waals surface area contributed by atoms with Crippen molar-refractivity contribution in [2.45, 2.75) is 6.10 Å². The van der Waals surface area contributed by atoms with Crippen LogP contribution in [0.3, 0.4) is 0 Å². The van der Waals surface area contributed by atoms with E-state index in [0.717, 1.165) is 22.6 Å². The zero-order valence-electron chi connectivity index (χ0n) is 14.5. The van der Waals surface area contributed by atoms with E-state index in [2.05, 4.69) is 21.4 Å². The molecule has 2 heterocycles. The van der Waals surface area contributed by atoms with Gasteiger partial charge in [-0.15, -0.1) is 0 Å². The third kappa shape index (κ3) is 2.97. The van der Waals surface area contributed by atoms with Crippen LogP contribution in [0, 0.1) is 0 Å². The van der Waals surface area contributed by atoms with Crippen LogP contribution < -0.4 is 15.0 Å².